The van der Waals surface area contributed by atoms with Crippen LogP contribution in [0.2, 0.25) is 5.15 Å². The predicted octanol–water partition coefficient (Wildman–Crippen LogP) is 3.20. The molecule has 1 aromatic rings. The molecule has 1 fully saturated rings. The highest BCUT2D eigenvalue weighted by atomic mass is 35.5. The largest absolute Gasteiger partial charge is 0.354 e. The molecule has 1 aromatic heterocycles. The lowest BCUT2D eigenvalue weighted by molar-refractivity contribution is 0.716. The summed E-state index contributed by atoms with van der Waals surface area (Å²) < 4.78 is 0. The van der Waals surface area contributed by atoms with Crippen molar-refractivity contribution < 1.29 is 0 Å². The first-order valence-corrected chi connectivity index (χ1v) is 7.64. The van der Waals surface area contributed by atoms with Crippen molar-refractivity contribution in [1.82, 2.24) is 9.97 Å². The van der Waals surface area contributed by atoms with Crippen LogP contribution in [0.5, 0.6) is 0 Å². The molecule has 6 heteroatoms. The number of thioether (sulfide) groups is 1. The van der Waals surface area contributed by atoms with Crippen molar-refractivity contribution in [2.24, 2.45) is 0 Å². The number of hydrogen-bond acceptors (Lipinski definition) is 4. The third-order valence-corrected chi connectivity index (χ3v) is 4.86. The van der Waals surface area contributed by atoms with Crippen molar-refractivity contribution in [2.45, 2.75) is 24.5 Å². The molecule has 0 spiro atoms. The maximum Gasteiger partial charge on any atom is 0.138 e. The minimum absolute atomic E-state index is 0.357. The number of hydrogen-bond donors (Lipinski definition) is 0. The molecule has 2 rings (SSSR count). The van der Waals surface area contributed by atoms with Crippen LogP contribution >= 0.6 is 35.0 Å². The number of aromatic nitrogens is 2. The van der Waals surface area contributed by atoms with Gasteiger partial charge in [0.1, 0.15) is 17.3 Å². The van der Waals surface area contributed by atoms with E-state index in [1.165, 1.54) is 12.7 Å². The maximum atomic E-state index is 6.05. The summed E-state index contributed by atoms with van der Waals surface area (Å²) in [6.07, 6.45) is 2.69. The fourth-order valence-corrected chi connectivity index (χ4v) is 3.62. The van der Waals surface area contributed by atoms with Gasteiger partial charge in [-0.05, 0) is 6.42 Å². The Kier molecular flexibility index (Phi) is 4.77. The van der Waals surface area contributed by atoms with Gasteiger partial charge in [-0.2, -0.15) is 11.8 Å². The lowest BCUT2D eigenvalue weighted by atomic mass is 10.2. The van der Waals surface area contributed by atoms with E-state index in [1.807, 2.05) is 11.8 Å². The summed E-state index contributed by atoms with van der Waals surface area (Å²) in [6.45, 7) is 4.23. The number of halogens is 2. The Bertz CT molecular complexity index is 389. The summed E-state index contributed by atoms with van der Waals surface area (Å²) >= 11 is 14.0. The molecule has 17 heavy (non-hydrogen) atoms. The van der Waals surface area contributed by atoms with Crippen LogP contribution < -0.4 is 4.90 Å². The smallest absolute Gasteiger partial charge is 0.138 e. The molecule has 0 N–H and O–H groups in total. The van der Waals surface area contributed by atoms with Gasteiger partial charge in [-0.25, -0.2) is 9.97 Å². The molecule has 3 nitrogen and oxygen atoms in total. The zero-order chi connectivity index (χ0) is 12.3. The van der Waals surface area contributed by atoms with Crippen LogP contribution in [0.3, 0.4) is 0 Å². The molecule has 1 aliphatic heterocycles. The molecule has 0 bridgehead atoms. The van der Waals surface area contributed by atoms with Crippen LogP contribution in [0.25, 0.3) is 0 Å². The second-order valence-corrected chi connectivity index (χ2v) is 5.98. The average molecular weight is 292 g/mol. The topological polar surface area (TPSA) is 29.0 Å². The van der Waals surface area contributed by atoms with Crippen LogP contribution in [-0.2, 0) is 5.88 Å². The fourth-order valence-electron chi connectivity index (χ4n) is 1.93. The number of alkyl halides is 1. The lowest BCUT2D eigenvalue weighted by Gasteiger charge is -2.33. The Hall–Kier alpha value is -0.190. The summed E-state index contributed by atoms with van der Waals surface area (Å²) in [5.41, 5.74) is 0.845. The van der Waals surface area contributed by atoms with Crippen LogP contribution in [0.1, 0.15) is 18.9 Å². The highest BCUT2D eigenvalue weighted by Gasteiger charge is 2.23. The van der Waals surface area contributed by atoms with Gasteiger partial charge >= 0.3 is 0 Å². The Morgan fingerprint density at radius 3 is 3.06 bits per heavy atom. The Morgan fingerprint density at radius 2 is 2.35 bits per heavy atom. The van der Waals surface area contributed by atoms with Crippen molar-refractivity contribution in [3.63, 3.8) is 0 Å². The second kappa shape index (κ2) is 6.12. The highest BCUT2D eigenvalue weighted by molar-refractivity contribution is 8.00. The highest BCUT2D eigenvalue weighted by Crippen LogP contribution is 2.29. The molecular weight excluding hydrogens is 277 g/mol. The quantitative estimate of drug-likeness (QED) is 0.632. The van der Waals surface area contributed by atoms with Gasteiger partial charge in [-0.1, -0.05) is 18.5 Å². The Morgan fingerprint density at radius 1 is 1.53 bits per heavy atom. The first kappa shape index (κ1) is 13.2. The summed E-state index contributed by atoms with van der Waals surface area (Å²) in [7, 11) is 0. The van der Waals surface area contributed by atoms with E-state index in [2.05, 4.69) is 21.8 Å². The van der Waals surface area contributed by atoms with Gasteiger partial charge in [0, 0.05) is 29.7 Å². The normalized spacial score (nSPS) is 20.6. The second-order valence-electron chi connectivity index (χ2n) is 3.95. The summed E-state index contributed by atoms with van der Waals surface area (Å²) in [5, 5.41) is 1.14. The maximum absolute atomic E-state index is 6.05. The summed E-state index contributed by atoms with van der Waals surface area (Å²) in [5.74, 6) is 2.39. The van der Waals surface area contributed by atoms with E-state index in [9.17, 15) is 0 Å². The van der Waals surface area contributed by atoms with Gasteiger partial charge < -0.3 is 4.90 Å². The molecule has 0 radical (unpaired) electrons. The van der Waals surface area contributed by atoms with E-state index in [-0.39, 0.29) is 0 Å². The molecule has 0 saturated carbocycles. The molecule has 1 unspecified atom stereocenters. The number of nitrogens with zero attached hydrogens (tertiary/aromatic N) is 3. The molecular formula is C11H15Cl2N3S. The van der Waals surface area contributed by atoms with Crippen molar-refractivity contribution in [2.75, 3.05) is 23.7 Å². The average Bonchev–Trinajstić information content (AvgIpc) is 2.38. The van der Waals surface area contributed by atoms with Gasteiger partial charge in [-0.15, -0.1) is 11.6 Å². The molecule has 2 heterocycles. The van der Waals surface area contributed by atoms with Crippen molar-refractivity contribution in [3.8, 4) is 0 Å². The molecule has 94 valence electrons. The van der Waals surface area contributed by atoms with E-state index in [0.29, 0.717) is 16.3 Å². The van der Waals surface area contributed by atoms with Crippen LogP contribution in [0.4, 0.5) is 5.82 Å². The van der Waals surface area contributed by atoms with Crippen LogP contribution in [0.15, 0.2) is 6.33 Å². The zero-order valence-corrected chi connectivity index (χ0v) is 12.0. The fraction of sp³-hybridized carbons (Fsp3) is 0.636. The van der Waals surface area contributed by atoms with Gasteiger partial charge in [0.05, 0.1) is 5.88 Å². The van der Waals surface area contributed by atoms with Gasteiger partial charge in [0.15, 0.2) is 0 Å². The number of rotatable bonds is 3. The van der Waals surface area contributed by atoms with Crippen molar-refractivity contribution >= 4 is 40.8 Å². The third-order valence-electron chi connectivity index (χ3n) is 2.90. The van der Waals surface area contributed by atoms with Crippen LogP contribution in [0, 0.1) is 0 Å². The monoisotopic (exact) mass is 291 g/mol. The van der Waals surface area contributed by atoms with E-state index in [1.54, 1.807) is 0 Å². The summed E-state index contributed by atoms with van der Waals surface area (Å²) in [4.78, 5) is 10.6. The third kappa shape index (κ3) is 2.98. The molecule has 1 atom stereocenters. The van der Waals surface area contributed by atoms with Gasteiger partial charge in [0.2, 0.25) is 0 Å². The predicted molar refractivity (Wildman–Crippen MR) is 75.3 cm³/mol. The molecule has 0 amide bonds. The molecule has 0 aliphatic carbocycles. The van der Waals surface area contributed by atoms with Gasteiger partial charge in [-0.3, -0.25) is 0 Å². The Labute approximate surface area is 116 Å². The summed E-state index contributed by atoms with van der Waals surface area (Å²) in [6, 6.07) is 0. The first-order valence-electron chi connectivity index (χ1n) is 5.68. The van der Waals surface area contributed by atoms with Crippen molar-refractivity contribution in [3.05, 3.63) is 17.0 Å². The van der Waals surface area contributed by atoms with E-state index in [4.69, 9.17) is 23.2 Å². The Balaban J connectivity index is 2.24. The van der Waals surface area contributed by atoms with Gasteiger partial charge in [0.25, 0.3) is 0 Å². The van der Waals surface area contributed by atoms with E-state index in [0.717, 1.165) is 30.2 Å². The molecule has 1 aliphatic rings. The lowest BCUT2D eigenvalue weighted by Crippen LogP contribution is -2.38. The van der Waals surface area contributed by atoms with E-state index < -0.39 is 0 Å². The standard InChI is InChI=1S/C11H15Cl2N3S/c1-2-8-6-16(3-4-17-8)11-9(5-12)10(13)14-7-15-11/h7-8H,2-6H2,1H3. The zero-order valence-electron chi connectivity index (χ0n) is 9.70. The first-order chi connectivity index (χ1) is 8.26. The number of anilines is 1. The van der Waals surface area contributed by atoms with Crippen LogP contribution in [-0.4, -0.2) is 34.1 Å². The molecule has 1 saturated heterocycles. The van der Waals surface area contributed by atoms with Crippen molar-refractivity contribution in [1.29, 1.82) is 0 Å². The minimum atomic E-state index is 0.357. The SMILES string of the molecule is CCC1CN(c2ncnc(Cl)c2CCl)CCS1. The minimum Gasteiger partial charge on any atom is -0.354 e. The molecule has 0 aromatic carbocycles. The van der Waals surface area contributed by atoms with E-state index >= 15 is 0 Å².